The fourth-order valence-electron chi connectivity index (χ4n) is 1.57. The molecule has 5 nitrogen and oxygen atoms in total. The third-order valence-electron chi connectivity index (χ3n) is 2.51. The van der Waals surface area contributed by atoms with Gasteiger partial charge in [0.2, 0.25) is 5.88 Å². The summed E-state index contributed by atoms with van der Waals surface area (Å²) in [5.41, 5.74) is 8.40. The number of aromatic nitrogens is 3. The minimum absolute atomic E-state index is 0.503. The van der Waals surface area contributed by atoms with Gasteiger partial charge in [-0.3, -0.25) is 0 Å². The third kappa shape index (κ3) is 2.18. The first kappa shape index (κ1) is 11.3. The SMILES string of the molecule is COc1ccc(-c2nc(C)nc(N)c2C)cn1. The lowest BCUT2D eigenvalue weighted by Crippen LogP contribution is -2.02. The Hall–Kier alpha value is -2.17. The van der Waals surface area contributed by atoms with Crippen LogP contribution in [0.4, 0.5) is 5.82 Å². The fourth-order valence-corrected chi connectivity index (χ4v) is 1.57. The van der Waals surface area contributed by atoms with E-state index in [9.17, 15) is 0 Å². The summed E-state index contributed by atoms with van der Waals surface area (Å²) in [5.74, 6) is 1.73. The van der Waals surface area contributed by atoms with Gasteiger partial charge in [-0.2, -0.15) is 0 Å². The Morgan fingerprint density at radius 3 is 2.53 bits per heavy atom. The number of pyridine rings is 1. The van der Waals surface area contributed by atoms with E-state index in [1.165, 1.54) is 0 Å². The summed E-state index contributed by atoms with van der Waals surface area (Å²) >= 11 is 0. The molecule has 2 N–H and O–H groups in total. The molecule has 0 atom stereocenters. The Morgan fingerprint density at radius 2 is 1.94 bits per heavy atom. The lowest BCUT2D eigenvalue weighted by Gasteiger charge is -2.08. The largest absolute Gasteiger partial charge is 0.481 e. The molecule has 0 saturated carbocycles. The third-order valence-corrected chi connectivity index (χ3v) is 2.51. The van der Waals surface area contributed by atoms with Gasteiger partial charge >= 0.3 is 0 Å². The molecule has 0 aliphatic heterocycles. The standard InChI is InChI=1S/C12H14N4O/c1-7-11(15-8(2)16-12(7)13)9-4-5-10(17-3)14-6-9/h4-6H,1-3H3,(H2,13,15,16). The zero-order chi connectivity index (χ0) is 12.4. The quantitative estimate of drug-likeness (QED) is 0.850. The van der Waals surface area contributed by atoms with Crippen molar-refractivity contribution in [1.29, 1.82) is 0 Å². The van der Waals surface area contributed by atoms with E-state index in [2.05, 4.69) is 15.0 Å². The van der Waals surface area contributed by atoms with E-state index in [-0.39, 0.29) is 0 Å². The molecule has 0 unspecified atom stereocenters. The van der Waals surface area contributed by atoms with Crippen molar-refractivity contribution >= 4 is 5.82 Å². The first-order valence-electron chi connectivity index (χ1n) is 5.23. The second-order valence-electron chi connectivity index (χ2n) is 3.72. The topological polar surface area (TPSA) is 73.9 Å². The molecule has 2 rings (SSSR count). The number of ether oxygens (including phenoxy) is 1. The number of nitrogen functional groups attached to an aromatic ring is 1. The van der Waals surface area contributed by atoms with Gasteiger partial charge in [-0.25, -0.2) is 15.0 Å². The highest BCUT2D eigenvalue weighted by molar-refractivity contribution is 5.66. The maximum absolute atomic E-state index is 5.82. The lowest BCUT2D eigenvalue weighted by atomic mass is 10.1. The lowest BCUT2D eigenvalue weighted by molar-refractivity contribution is 0.398. The fraction of sp³-hybridized carbons (Fsp3) is 0.250. The van der Waals surface area contributed by atoms with E-state index >= 15 is 0 Å². The highest BCUT2D eigenvalue weighted by Gasteiger charge is 2.09. The highest BCUT2D eigenvalue weighted by Crippen LogP contribution is 2.24. The van der Waals surface area contributed by atoms with Crippen molar-refractivity contribution in [3.05, 3.63) is 29.7 Å². The zero-order valence-corrected chi connectivity index (χ0v) is 10.1. The molecule has 2 heterocycles. The van der Waals surface area contributed by atoms with Crippen molar-refractivity contribution in [2.75, 3.05) is 12.8 Å². The maximum atomic E-state index is 5.82. The Bertz CT molecular complexity index is 537. The molecule has 5 heteroatoms. The number of hydrogen-bond acceptors (Lipinski definition) is 5. The molecule has 0 aliphatic rings. The van der Waals surface area contributed by atoms with Gasteiger partial charge in [0.05, 0.1) is 12.8 Å². The number of anilines is 1. The monoisotopic (exact) mass is 230 g/mol. The minimum Gasteiger partial charge on any atom is -0.481 e. The van der Waals surface area contributed by atoms with Crippen LogP contribution in [0.5, 0.6) is 5.88 Å². The number of rotatable bonds is 2. The normalized spacial score (nSPS) is 10.3. The van der Waals surface area contributed by atoms with Crippen LogP contribution in [0, 0.1) is 13.8 Å². The number of methoxy groups -OCH3 is 1. The summed E-state index contributed by atoms with van der Waals surface area (Å²) in [4.78, 5) is 12.7. The summed E-state index contributed by atoms with van der Waals surface area (Å²) in [6.07, 6.45) is 1.72. The summed E-state index contributed by atoms with van der Waals surface area (Å²) in [7, 11) is 1.58. The van der Waals surface area contributed by atoms with Crippen LogP contribution in [-0.2, 0) is 0 Å². The van der Waals surface area contributed by atoms with Crippen LogP contribution in [0.25, 0.3) is 11.3 Å². The predicted octanol–water partition coefficient (Wildman–Crippen LogP) is 1.75. The van der Waals surface area contributed by atoms with Gasteiger partial charge in [-0.05, 0) is 19.9 Å². The molecule has 17 heavy (non-hydrogen) atoms. The van der Waals surface area contributed by atoms with E-state index in [0.29, 0.717) is 17.5 Å². The summed E-state index contributed by atoms with van der Waals surface area (Å²) in [6, 6.07) is 3.70. The number of hydrogen-bond donors (Lipinski definition) is 1. The molecule has 0 amide bonds. The number of aryl methyl sites for hydroxylation is 1. The zero-order valence-electron chi connectivity index (χ0n) is 10.1. The molecule has 0 radical (unpaired) electrons. The van der Waals surface area contributed by atoms with Crippen molar-refractivity contribution in [2.45, 2.75) is 13.8 Å². The van der Waals surface area contributed by atoms with E-state index < -0.39 is 0 Å². The molecule has 0 aromatic carbocycles. The van der Waals surface area contributed by atoms with Crippen molar-refractivity contribution in [2.24, 2.45) is 0 Å². The van der Waals surface area contributed by atoms with E-state index in [4.69, 9.17) is 10.5 Å². The van der Waals surface area contributed by atoms with Crippen LogP contribution in [0.2, 0.25) is 0 Å². The van der Waals surface area contributed by atoms with Crippen molar-refractivity contribution in [3.8, 4) is 17.1 Å². The van der Waals surface area contributed by atoms with Crippen LogP contribution < -0.4 is 10.5 Å². The summed E-state index contributed by atoms with van der Waals surface area (Å²) < 4.78 is 5.01. The highest BCUT2D eigenvalue weighted by atomic mass is 16.5. The van der Waals surface area contributed by atoms with Gasteiger partial charge in [0, 0.05) is 23.4 Å². The average Bonchev–Trinajstić information content (AvgIpc) is 2.34. The van der Waals surface area contributed by atoms with Crippen LogP contribution in [0.1, 0.15) is 11.4 Å². The molecular formula is C12H14N4O. The second kappa shape index (κ2) is 4.37. The molecule has 2 aromatic heterocycles. The van der Waals surface area contributed by atoms with Gasteiger partial charge in [0.15, 0.2) is 0 Å². The molecule has 0 aliphatic carbocycles. The van der Waals surface area contributed by atoms with Crippen molar-refractivity contribution in [3.63, 3.8) is 0 Å². The number of nitrogens with zero attached hydrogens (tertiary/aromatic N) is 3. The van der Waals surface area contributed by atoms with Crippen LogP contribution in [0.15, 0.2) is 18.3 Å². The van der Waals surface area contributed by atoms with E-state index in [1.807, 2.05) is 19.9 Å². The maximum Gasteiger partial charge on any atom is 0.212 e. The Kier molecular flexibility index (Phi) is 2.91. The summed E-state index contributed by atoms with van der Waals surface area (Å²) in [6.45, 7) is 3.71. The van der Waals surface area contributed by atoms with Crippen LogP contribution in [-0.4, -0.2) is 22.1 Å². The smallest absolute Gasteiger partial charge is 0.212 e. The average molecular weight is 230 g/mol. The Labute approximate surface area is 99.7 Å². The first-order chi connectivity index (χ1) is 8.11. The molecule has 88 valence electrons. The molecule has 0 saturated heterocycles. The molecule has 0 fully saturated rings. The van der Waals surface area contributed by atoms with Crippen LogP contribution in [0.3, 0.4) is 0 Å². The summed E-state index contributed by atoms with van der Waals surface area (Å²) in [5, 5.41) is 0. The molecule has 2 aromatic rings. The van der Waals surface area contributed by atoms with Crippen molar-refractivity contribution < 1.29 is 4.74 Å². The molecule has 0 bridgehead atoms. The van der Waals surface area contributed by atoms with Crippen LogP contribution >= 0.6 is 0 Å². The predicted molar refractivity (Wildman–Crippen MR) is 65.7 cm³/mol. The number of nitrogens with two attached hydrogens (primary N) is 1. The first-order valence-corrected chi connectivity index (χ1v) is 5.23. The second-order valence-corrected chi connectivity index (χ2v) is 3.72. The molecule has 0 spiro atoms. The van der Waals surface area contributed by atoms with Gasteiger partial charge in [-0.1, -0.05) is 0 Å². The van der Waals surface area contributed by atoms with E-state index in [1.54, 1.807) is 19.4 Å². The Balaban J connectivity index is 2.52. The molecular weight excluding hydrogens is 216 g/mol. The van der Waals surface area contributed by atoms with Gasteiger partial charge in [0.25, 0.3) is 0 Å². The van der Waals surface area contributed by atoms with Crippen molar-refractivity contribution in [1.82, 2.24) is 15.0 Å². The van der Waals surface area contributed by atoms with Gasteiger partial charge < -0.3 is 10.5 Å². The minimum atomic E-state index is 0.503. The van der Waals surface area contributed by atoms with Gasteiger partial charge in [0.1, 0.15) is 11.6 Å². The van der Waals surface area contributed by atoms with Gasteiger partial charge in [-0.15, -0.1) is 0 Å². The Morgan fingerprint density at radius 1 is 1.18 bits per heavy atom. The van der Waals surface area contributed by atoms with E-state index in [0.717, 1.165) is 16.8 Å².